The Morgan fingerprint density at radius 3 is 2.74 bits per heavy atom. The van der Waals surface area contributed by atoms with Crippen molar-refractivity contribution in [2.45, 2.75) is 51.5 Å². The molecule has 0 aliphatic carbocycles. The summed E-state index contributed by atoms with van der Waals surface area (Å²) in [6.07, 6.45) is 8.08. The van der Waals surface area contributed by atoms with Crippen LogP contribution in [-0.4, -0.2) is 46.7 Å². The van der Waals surface area contributed by atoms with Crippen molar-refractivity contribution in [3.05, 3.63) is 12.3 Å². The van der Waals surface area contributed by atoms with E-state index in [4.69, 9.17) is 10.1 Å². The third kappa shape index (κ3) is 3.57. The molecule has 6 nitrogen and oxygen atoms in total. The summed E-state index contributed by atoms with van der Waals surface area (Å²) in [7, 11) is 0. The van der Waals surface area contributed by atoms with Gasteiger partial charge < -0.3 is 14.9 Å². The van der Waals surface area contributed by atoms with Crippen LogP contribution in [0.2, 0.25) is 0 Å². The van der Waals surface area contributed by atoms with Gasteiger partial charge in [0.15, 0.2) is 0 Å². The lowest BCUT2D eigenvalue weighted by atomic mass is 9.97. The smallest absolute Gasteiger partial charge is 0.306 e. The Labute approximate surface area is 137 Å². The van der Waals surface area contributed by atoms with Gasteiger partial charge in [-0.1, -0.05) is 6.92 Å². The minimum atomic E-state index is -0.682. The Morgan fingerprint density at radius 2 is 2.04 bits per heavy atom. The molecule has 3 rings (SSSR count). The molecule has 126 valence electrons. The molecule has 2 aliphatic heterocycles. The van der Waals surface area contributed by atoms with E-state index in [2.05, 4.69) is 21.7 Å². The van der Waals surface area contributed by atoms with Gasteiger partial charge in [0.25, 0.3) is 0 Å². The lowest BCUT2D eigenvalue weighted by Crippen LogP contribution is -2.40. The van der Waals surface area contributed by atoms with Crippen molar-refractivity contribution < 1.29 is 9.90 Å². The van der Waals surface area contributed by atoms with E-state index in [1.165, 1.54) is 19.3 Å². The monoisotopic (exact) mass is 318 g/mol. The van der Waals surface area contributed by atoms with Gasteiger partial charge in [-0.05, 0) is 44.6 Å². The van der Waals surface area contributed by atoms with Gasteiger partial charge >= 0.3 is 5.97 Å². The number of rotatable bonds is 4. The topological polar surface area (TPSA) is 69.6 Å². The summed E-state index contributed by atoms with van der Waals surface area (Å²) in [5, 5.41) is 9.11. The Bertz CT molecular complexity index is 543. The standard InChI is InChI=1S/C17H26N4O2/c1-2-14-5-3-4-10-21(14)15-6-9-18-17(19-15)20-11-7-13(8-12-20)16(22)23/h6,9,13-14H,2-5,7-8,10-12H2,1H3,(H,22,23)/t14-/m1/s1. The maximum Gasteiger partial charge on any atom is 0.306 e. The van der Waals surface area contributed by atoms with Crippen LogP contribution in [0.3, 0.4) is 0 Å². The Kier molecular flexibility index (Phi) is 4.98. The first-order chi connectivity index (χ1) is 11.2. The molecular weight excluding hydrogens is 292 g/mol. The van der Waals surface area contributed by atoms with Crippen LogP contribution in [0.1, 0.15) is 45.4 Å². The second-order valence-electron chi connectivity index (χ2n) is 6.57. The van der Waals surface area contributed by atoms with E-state index in [9.17, 15) is 4.79 Å². The van der Waals surface area contributed by atoms with Gasteiger partial charge in [-0.15, -0.1) is 0 Å². The zero-order chi connectivity index (χ0) is 16.2. The molecule has 3 heterocycles. The highest BCUT2D eigenvalue weighted by molar-refractivity contribution is 5.70. The molecule has 0 bridgehead atoms. The maximum absolute atomic E-state index is 11.1. The average molecular weight is 318 g/mol. The van der Waals surface area contributed by atoms with Crippen LogP contribution in [0, 0.1) is 5.92 Å². The van der Waals surface area contributed by atoms with Crippen molar-refractivity contribution in [3.63, 3.8) is 0 Å². The highest BCUT2D eigenvalue weighted by atomic mass is 16.4. The lowest BCUT2D eigenvalue weighted by molar-refractivity contribution is -0.142. The number of carbonyl (C=O) groups is 1. The van der Waals surface area contributed by atoms with Crippen molar-refractivity contribution in [1.82, 2.24) is 9.97 Å². The van der Waals surface area contributed by atoms with Gasteiger partial charge in [-0.25, -0.2) is 4.98 Å². The highest BCUT2D eigenvalue weighted by Gasteiger charge is 2.27. The number of nitrogens with zero attached hydrogens (tertiary/aromatic N) is 4. The first-order valence-corrected chi connectivity index (χ1v) is 8.76. The molecule has 1 N–H and O–H groups in total. The summed E-state index contributed by atoms with van der Waals surface area (Å²) in [4.78, 5) is 24.8. The number of hydrogen-bond acceptors (Lipinski definition) is 5. The molecule has 0 radical (unpaired) electrons. The van der Waals surface area contributed by atoms with Gasteiger partial charge in [0.2, 0.25) is 5.95 Å². The van der Waals surface area contributed by atoms with E-state index in [0.717, 1.165) is 37.8 Å². The molecule has 0 amide bonds. The van der Waals surface area contributed by atoms with Gasteiger partial charge in [-0.2, -0.15) is 4.98 Å². The minimum absolute atomic E-state index is 0.221. The number of anilines is 2. The molecule has 0 saturated carbocycles. The first kappa shape index (κ1) is 16.0. The summed E-state index contributed by atoms with van der Waals surface area (Å²) >= 11 is 0. The van der Waals surface area contributed by atoms with Gasteiger partial charge in [0.1, 0.15) is 5.82 Å². The molecule has 0 spiro atoms. The van der Waals surface area contributed by atoms with E-state index in [1.807, 2.05) is 12.3 Å². The number of aromatic nitrogens is 2. The minimum Gasteiger partial charge on any atom is -0.481 e. The third-order valence-electron chi connectivity index (χ3n) is 5.15. The Hall–Kier alpha value is -1.85. The summed E-state index contributed by atoms with van der Waals surface area (Å²) in [6, 6.07) is 2.57. The average Bonchev–Trinajstić information content (AvgIpc) is 2.62. The van der Waals surface area contributed by atoms with Crippen molar-refractivity contribution >= 4 is 17.7 Å². The number of aliphatic carboxylic acids is 1. The van der Waals surface area contributed by atoms with Crippen molar-refractivity contribution in [3.8, 4) is 0 Å². The first-order valence-electron chi connectivity index (χ1n) is 8.76. The predicted molar refractivity (Wildman–Crippen MR) is 89.9 cm³/mol. The largest absolute Gasteiger partial charge is 0.481 e. The number of hydrogen-bond donors (Lipinski definition) is 1. The SMILES string of the molecule is CC[C@@H]1CCCCN1c1ccnc(N2CCC(C(=O)O)CC2)n1. The van der Waals surface area contributed by atoms with E-state index < -0.39 is 5.97 Å². The summed E-state index contributed by atoms with van der Waals surface area (Å²) in [5.74, 6) is 0.855. The normalized spacial score (nSPS) is 23.1. The van der Waals surface area contributed by atoms with Crippen molar-refractivity contribution in [2.75, 3.05) is 29.4 Å². The summed E-state index contributed by atoms with van der Waals surface area (Å²) in [6.45, 7) is 4.74. The van der Waals surface area contributed by atoms with Gasteiger partial charge in [0, 0.05) is 31.9 Å². The van der Waals surface area contributed by atoms with Crippen molar-refractivity contribution in [1.29, 1.82) is 0 Å². The molecule has 0 aromatic carbocycles. The molecule has 0 unspecified atom stereocenters. The van der Waals surface area contributed by atoms with Crippen LogP contribution < -0.4 is 9.80 Å². The lowest BCUT2D eigenvalue weighted by Gasteiger charge is -2.37. The molecule has 1 aromatic rings. The zero-order valence-corrected chi connectivity index (χ0v) is 13.8. The molecule has 6 heteroatoms. The second kappa shape index (κ2) is 7.15. The Balaban J connectivity index is 1.71. The van der Waals surface area contributed by atoms with Crippen LogP contribution in [-0.2, 0) is 4.79 Å². The van der Waals surface area contributed by atoms with Crippen LogP contribution in [0.5, 0.6) is 0 Å². The van der Waals surface area contributed by atoms with Crippen LogP contribution >= 0.6 is 0 Å². The third-order valence-corrected chi connectivity index (χ3v) is 5.15. The molecule has 2 saturated heterocycles. The van der Waals surface area contributed by atoms with E-state index in [0.29, 0.717) is 18.9 Å². The van der Waals surface area contributed by atoms with Crippen molar-refractivity contribution in [2.24, 2.45) is 5.92 Å². The van der Waals surface area contributed by atoms with E-state index in [-0.39, 0.29) is 5.92 Å². The zero-order valence-electron chi connectivity index (χ0n) is 13.8. The van der Waals surface area contributed by atoms with Gasteiger partial charge in [-0.3, -0.25) is 4.79 Å². The summed E-state index contributed by atoms with van der Waals surface area (Å²) < 4.78 is 0. The molecule has 2 fully saturated rings. The molecule has 2 aliphatic rings. The summed E-state index contributed by atoms with van der Waals surface area (Å²) in [5.41, 5.74) is 0. The fourth-order valence-electron chi connectivity index (χ4n) is 3.70. The highest BCUT2D eigenvalue weighted by Crippen LogP contribution is 2.27. The fraction of sp³-hybridized carbons (Fsp3) is 0.706. The Morgan fingerprint density at radius 1 is 1.26 bits per heavy atom. The molecule has 23 heavy (non-hydrogen) atoms. The predicted octanol–water partition coefficient (Wildman–Crippen LogP) is 2.55. The number of piperidine rings is 2. The van der Waals surface area contributed by atoms with E-state index >= 15 is 0 Å². The maximum atomic E-state index is 11.1. The van der Waals surface area contributed by atoms with Crippen LogP contribution in [0.25, 0.3) is 0 Å². The quantitative estimate of drug-likeness (QED) is 0.920. The van der Waals surface area contributed by atoms with Gasteiger partial charge in [0.05, 0.1) is 5.92 Å². The molecule has 1 atom stereocenters. The fourth-order valence-corrected chi connectivity index (χ4v) is 3.70. The second-order valence-corrected chi connectivity index (χ2v) is 6.57. The van der Waals surface area contributed by atoms with Crippen LogP contribution in [0.15, 0.2) is 12.3 Å². The van der Waals surface area contributed by atoms with E-state index in [1.54, 1.807) is 0 Å². The molecular formula is C17H26N4O2. The number of carboxylic acids is 1. The number of carboxylic acid groups (broad SMARTS) is 1. The molecule has 1 aromatic heterocycles. The van der Waals surface area contributed by atoms with Crippen LogP contribution in [0.4, 0.5) is 11.8 Å².